The van der Waals surface area contributed by atoms with Crippen LogP contribution in [-0.4, -0.2) is 12.0 Å². The molecule has 3 nitrogen and oxygen atoms in total. The van der Waals surface area contributed by atoms with Crippen molar-refractivity contribution >= 4 is 0 Å². The molecule has 2 aromatic rings. The molecular formula is C18H24N2O. The molecule has 0 spiro atoms. The van der Waals surface area contributed by atoms with Crippen molar-refractivity contribution in [1.29, 1.82) is 0 Å². The number of hydrogen-bond donors (Lipinski definition) is 1. The Kier molecular flexibility index (Phi) is 4.97. The molecule has 0 radical (unpaired) electrons. The standard InChI is InChI=1S/C18H24N2O/c1-12(2)16-7-6-13(3)17(10-16)21-18-9-15(11-19-5)8-14(4)20-18/h6-10,12,19H,11H2,1-5H3. The molecule has 0 saturated heterocycles. The number of nitrogens with one attached hydrogen (secondary N) is 1. The molecule has 0 aliphatic carbocycles. The van der Waals surface area contributed by atoms with Crippen LogP contribution in [-0.2, 0) is 6.54 Å². The summed E-state index contributed by atoms with van der Waals surface area (Å²) >= 11 is 0. The van der Waals surface area contributed by atoms with Crippen LogP contribution in [0.15, 0.2) is 30.3 Å². The zero-order valence-corrected chi connectivity index (χ0v) is 13.5. The van der Waals surface area contributed by atoms with E-state index in [4.69, 9.17) is 4.74 Å². The van der Waals surface area contributed by atoms with E-state index in [2.05, 4.69) is 55.3 Å². The number of ether oxygens (including phenoxy) is 1. The molecule has 2 rings (SSSR count). The number of rotatable bonds is 5. The lowest BCUT2D eigenvalue weighted by atomic mass is 10.0. The summed E-state index contributed by atoms with van der Waals surface area (Å²) in [6, 6.07) is 10.4. The van der Waals surface area contributed by atoms with E-state index in [1.54, 1.807) is 0 Å². The van der Waals surface area contributed by atoms with E-state index in [9.17, 15) is 0 Å². The van der Waals surface area contributed by atoms with Crippen molar-refractivity contribution in [2.45, 2.75) is 40.2 Å². The van der Waals surface area contributed by atoms with E-state index < -0.39 is 0 Å². The Bertz CT molecular complexity index is 621. The maximum Gasteiger partial charge on any atom is 0.219 e. The highest BCUT2D eigenvalue weighted by molar-refractivity contribution is 5.40. The normalized spacial score (nSPS) is 11.0. The SMILES string of the molecule is CNCc1cc(C)nc(Oc2cc(C(C)C)ccc2C)c1. The van der Waals surface area contributed by atoms with Gasteiger partial charge in [0.15, 0.2) is 0 Å². The summed E-state index contributed by atoms with van der Waals surface area (Å²) < 4.78 is 6.03. The highest BCUT2D eigenvalue weighted by atomic mass is 16.5. The molecule has 0 bridgehead atoms. The Morgan fingerprint density at radius 1 is 1.14 bits per heavy atom. The van der Waals surface area contributed by atoms with Gasteiger partial charge in [-0.15, -0.1) is 0 Å². The van der Waals surface area contributed by atoms with Crippen LogP contribution in [0.5, 0.6) is 11.6 Å². The largest absolute Gasteiger partial charge is 0.439 e. The van der Waals surface area contributed by atoms with Crippen molar-refractivity contribution < 1.29 is 4.74 Å². The van der Waals surface area contributed by atoms with Gasteiger partial charge in [-0.05, 0) is 55.6 Å². The molecule has 21 heavy (non-hydrogen) atoms. The molecule has 1 aromatic heterocycles. The molecule has 1 aromatic carbocycles. The Morgan fingerprint density at radius 3 is 2.57 bits per heavy atom. The molecule has 0 aliphatic heterocycles. The average Bonchev–Trinajstić information content (AvgIpc) is 2.40. The number of nitrogens with zero attached hydrogens (tertiary/aromatic N) is 1. The quantitative estimate of drug-likeness (QED) is 0.887. The van der Waals surface area contributed by atoms with Crippen molar-refractivity contribution in [3.8, 4) is 11.6 Å². The maximum atomic E-state index is 6.03. The van der Waals surface area contributed by atoms with Crippen LogP contribution in [0.3, 0.4) is 0 Å². The van der Waals surface area contributed by atoms with Gasteiger partial charge in [0, 0.05) is 18.3 Å². The molecule has 1 N–H and O–H groups in total. The van der Waals surface area contributed by atoms with Crippen LogP contribution in [0.2, 0.25) is 0 Å². The molecular weight excluding hydrogens is 260 g/mol. The van der Waals surface area contributed by atoms with Crippen LogP contribution in [0, 0.1) is 13.8 Å². The molecule has 0 saturated carbocycles. The van der Waals surface area contributed by atoms with Gasteiger partial charge < -0.3 is 10.1 Å². The molecule has 0 fully saturated rings. The summed E-state index contributed by atoms with van der Waals surface area (Å²) in [6.07, 6.45) is 0. The van der Waals surface area contributed by atoms with Crippen LogP contribution < -0.4 is 10.1 Å². The van der Waals surface area contributed by atoms with E-state index in [0.29, 0.717) is 11.8 Å². The Morgan fingerprint density at radius 2 is 1.90 bits per heavy atom. The van der Waals surface area contributed by atoms with Crippen LogP contribution in [0.4, 0.5) is 0 Å². The molecule has 112 valence electrons. The Balaban J connectivity index is 2.31. The molecule has 0 unspecified atom stereocenters. The zero-order valence-electron chi connectivity index (χ0n) is 13.5. The maximum absolute atomic E-state index is 6.03. The van der Waals surface area contributed by atoms with Gasteiger partial charge in [-0.3, -0.25) is 0 Å². The minimum atomic E-state index is 0.485. The topological polar surface area (TPSA) is 34.2 Å². The minimum absolute atomic E-state index is 0.485. The average molecular weight is 284 g/mol. The number of pyridine rings is 1. The van der Waals surface area contributed by atoms with Crippen molar-refractivity contribution in [2.75, 3.05) is 7.05 Å². The van der Waals surface area contributed by atoms with Crippen LogP contribution in [0.1, 0.15) is 42.1 Å². The summed E-state index contributed by atoms with van der Waals surface area (Å²) in [5, 5.41) is 3.15. The second-order valence-electron chi connectivity index (χ2n) is 5.77. The van der Waals surface area contributed by atoms with Gasteiger partial charge in [-0.2, -0.15) is 0 Å². The Hall–Kier alpha value is -1.87. The predicted octanol–water partition coefficient (Wildman–Crippen LogP) is 4.33. The van der Waals surface area contributed by atoms with Gasteiger partial charge >= 0.3 is 0 Å². The van der Waals surface area contributed by atoms with Gasteiger partial charge in [0.25, 0.3) is 0 Å². The molecule has 0 amide bonds. The summed E-state index contributed by atoms with van der Waals surface area (Å²) in [5.41, 5.74) is 4.55. The van der Waals surface area contributed by atoms with Gasteiger partial charge in [0.2, 0.25) is 5.88 Å². The first-order valence-corrected chi connectivity index (χ1v) is 7.40. The van der Waals surface area contributed by atoms with Gasteiger partial charge in [-0.25, -0.2) is 4.98 Å². The lowest BCUT2D eigenvalue weighted by Crippen LogP contribution is -2.06. The lowest BCUT2D eigenvalue weighted by molar-refractivity contribution is 0.456. The summed E-state index contributed by atoms with van der Waals surface area (Å²) in [7, 11) is 1.94. The predicted molar refractivity (Wildman–Crippen MR) is 87.1 cm³/mol. The molecule has 0 atom stereocenters. The highest BCUT2D eigenvalue weighted by Crippen LogP contribution is 2.28. The first-order valence-electron chi connectivity index (χ1n) is 7.40. The van der Waals surface area contributed by atoms with Crippen molar-refractivity contribution in [3.05, 3.63) is 52.7 Å². The molecule has 1 heterocycles. The molecule has 3 heteroatoms. The third kappa shape index (κ3) is 4.05. The minimum Gasteiger partial charge on any atom is -0.439 e. The van der Waals surface area contributed by atoms with Gasteiger partial charge in [0.1, 0.15) is 5.75 Å². The Labute approximate surface area is 127 Å². The van der Waals surface area contributed by atoms with E-state index in [1.807, 2.05) is 20.0 Å². The second-order valence-corrected chi connectivity index (χ2v) is 5.77. The van der Waals surface area contributed by atoms with Crippen LogP contribution >= 0.6 is 0 Å². The first kappa shape index (κ1) is 15.5. The number of hydrogen-bond acceptors (Lipinski definition) is 3. The lowest BCUT2D eigenvalue weighted by Gasteiger charge is -2.13. The first-order chi connectivity index (χ1) is 9.99. The number of aryl methyl sites for hydroxylation is 2. The van der Waals surface area contributed by atoms with Crippen molar-refractivity contribution in [3.63, 3.8) is 0 Å². The number of benzene rings is 1. The third-order valence-corrected chi connectivity index (χ3v) is 3.46. The van der Waals surface area contributed by atoms with E-state index in [0.717, 1.165) is 23.6 Å². The smallest absolute Gasteiger partial charge is 0.219 e. The van der Waals surface area contributed by atoms with E-state index in [-0.39, 0.29) is 0 Å². The van der Waals surface area contributed by atoms with Crippen molar-refractivity contribution in [1.82, 2.24) is 10.3 Å². The third-order valence-electron chi connectivity index (χ3n) is 3.46. The van der Waals surface area contributed by atoms with Crippen molar-refractivity contribution in [2.24, 2.45) is 0 Å². The fourth-order valence-electron chi connectivity index (χ4n) is 2.26. The van der Waals surface area contributed by atoms with E-state index in [1.165, 1.54) is 11.1 Å². The monoisotopic (exact) mass is 284 g/mol. The van der Waals surface area contributed by atoms with Gasteiger partial charge in [0.05, 0.1) is 0 Å². The summed E-state index contributed by atoms with van der Waals surface area (Å²) in [4.78, 5) is 4.48. The summed E-state index contributed by atoms with van der Waals surface area (Å²) in [5.74, 6) is 2.03. The van der Waals surface area contributed by atoms with E-state index >= 15 is 0 Å². The zero-order chi connectivity index (χ0) is 15.4. The second kappa shape index (κ2) is 6.72. The van der Waals surface area contributed by atoms with Gasteiger partial charge in [-0.1, -0.05) is 26.0 Å². The summed E-state index contributed by atoms with van der Waals surface area (Å²) in [6.45, 7) is 9.23. The fourth-order valence-corrected chi connectivity index (χ4v) is 2.26. The highest BCUT2D eigenvalue weighted by Gasteiger charge is 2.08. The number of aromatic nitrogens is 1. The molecule has 0 aliphatic rings. The van der Waals surface area contributed by atoms with Crippen LogP contribution in [0.25, 0.3) is 0 Å². The fraction of sp³-hybridized carbons (Fsp3) is 0.389.